The summed E-state index contributed by atoms with van der Waals surface area (Å²) in [6.45, 7) is 7.45. The Bertz CT molecular complexity index is 166. The van der Waals surface area contributed by atoms with E-state index in [0.717, 1.165) is 6.54 Å². The molecule has 1 amide bonds. The Kier molecular flexibility index (Phi) is 7.93. The number of nitrogens with one attached hydrogen (secondary N) is 3. The van der Waals surface area contributed by atoms with Gasteiger partial charge in [-0.15, -0.1) is 0 Å². The van der Waals surface area contributed by atoms with Crippen LogP contribution in [-0.4, -0.2) is 37.0 Å². The number of carbonyl (C=O) groups excluding carboxylic acids is 1. The van der Waals surface area contributed by atoms with Gasteiger partial charge < -0.3 is 10.6 Å². The Hall–Kier alpha value is -0.260. The largest absolute Gasteiger partial charge is 0.355 e. The van der Waals surface area contributed by atoms with Crippen molar-refractivity contribution in [2.75, 3.05) is 18.8 Å². The van der Waals surface area contributed by atoms with E-state index in [4.69, 9.17) is 0 Å². The summed E-state index contributed by atoms with van der Waals surface area (Å²) in [6.07, 6.45) is 0.125. The highest BCUT2D eigenvalue weighted by molar-refractivity contribution is 7.80. The van der Waals surface area contributed by atoms with E-state index < -0.39 is 0 Å². The molecule has 0 aromatic carbocycles. The predicted molar refractivity (Wildman–Crippen MR) is 62.6 cm³/mol. The lowest BCUT2D eigenvalue weighted by Gasteiger charge is -2.21. The fourth-order valence-electron chi connectivity index (χ4n) is 1.18. The Balaban J connectivity index is 3.94. The van der Waals surface area contributed by atoms with Gasteiger partial charge in [0.25, 0.3) is 0 Å². The quantitative estimate of drug-likeness (QED) is 0.359. The summed E-state index contributed by atoms with van der Waals surface area (Å²) in [4.78, 5) is 11.5. The lowest BCUT2D eigenvalue weighted by molar-refractivity contribution is -0.122. The average Bonchev–Trinajstić information content (AvgIpc) is 2.15. The van der Waals surface area contributed by atoms with Crippen molar-refractivity contribution in [1.29, 1.82) is 0 Å². The van der Waals surface area contributed by atoms with Crippen LogP contribution in [0.5, 0.6) is 0 Å². The first-order chi connectivity index (χ1) is 6.65. The smallest absolute Gasteiger partial charge is 0.238 e. The number of hydrogen-bond donors (Lipinski definition) is 4. The van der Waals surface area contributed by atoms with Crippen LogP contribution < -0.4 is 16.0 Å². The van der Waals surface area contributed by atoms with Gasteiger partial charge >= 0.3 is 0 Å². The first-order valence-electron chi connectivity index (χ1n) is 5.03. The molecular formula is C9H21N3OS. The molecule has 0 saturated heterocycles. The molecule has 0 aliphatic heterocycles. The van der Waals surface area contributed by atoms with Crippen LogP contribution in [0.15, 0.2) is 0 Å². The van der Waals surface area contributed by atoms with Crippen LogP contribution in [0, 0.1) is 0 Å². The molecule has 2 unspecified atom stereocenters. The minimum atomic E-state index is -0.229. The molecule has 4 nitrogen and oxygen atoms in total. The van der Waals surface area contributed by atoms with Crippen LogP contribution in [0.1, 0.15) is 20.8 Å². The SMILES string of the molecule is CCNC(=O)C(CS)NC(C)NCC. The molecule has 0 spiro atoms. The van der Waals surface area contributed by atoms with Gasteiger partial charge in [-0.25, -0.2) is 0 Å². The summed E-state index contributed by atoms with van der Waals surface area (Å²) in [5, 5.41) is 9.10. The van der Waals surface area contributed by atoms with Gasteiger partial charge in [0, 0.05) is 12.3 Å². The van der Waals surface area contributed by atoms with Crippen molar-refractivity contribution in [2.45, 2.75) is 33.0 Å². The number of hydrogen-bond acceptors (Lipinski definition) is 4. The third-order valence-corrected chi connectivity index (χ3v) is 2.18. The molecule has 14 heavy (non-hydrogen) atoms. The number of rotatable bonds is 7. The second kappa shape index (κ2) is 8.08. The highest BCUT2D eigenvalue weighted by Gasteiger charge is 2.17. The number of thiol groups is 1. The summed E-state index contributed by atoms with van der Waals surface area (Å²) in [5.74, 6) is 0.508. The van der Waals surface area contributed by atoms with Gasteiger partial charge in [-0.2, -0.15) is 12.6 Å². The van der Waals surface area contributed by atoms with Gasteiger partial charge in [-0.05, 0) is 20.4 Å². The molecule has 2 atom stereocenters. The van der Waals surface area contributed by atoms with Gasteiger partial charge in [0.1, 0.15) is 0 Å². The van der Waals surface area contributed by atoms with E-state index in [1.807, 2.05) is 20.8 Å². The van der Waals surface area contributed by atoms with Gasteiger partial charge in [0.2, 0.25) is 5.91 Å². The van der Waals surface area contributed by atoms with Crippen LogP contribution in [0.3, 0.4) is 0 Å². The van der Waals surface area contributed by atoms with Crippen LogP contribution in [0.4, 0.5) is 0 Å². The molecule has 0 bridgehead atoms. The van der Waals surface area contributed by atoms with Crippen molar-refractivity contribution in [3.63, 3.8) is 0 Å². The summed E-state index contributed by atoms with van der Waals surface area (Å²) < 4.78 is 0. The Morgan fingerprint density at radius 2 is 2.00 bits per heavy atom. The Morgan fingerprint density at radius 1 is 1.36 bits per heavy atom. The zero-order valence-corrected chi connectivity index (χ0v) is 10.0. The number of likely N-dealkylation sites (N-methyl/N-ethyl adjacent to an activating group) is 1. The molecule has 0 aromatic heterocycles. The van der Waals surface area contributed by atoms with E-state index in [2.05, 4.69) is 28.6 Å². The van der Waals surface area contributed by atoms with Gasteiger partial charge in [0.15, 0.2) is 0 Å². The van der Waals surface area contributed by atoms with Crippen molar-refractivity contribution in [1.82, 2.24) is 16.0 Å². The number of carbonyl (C=O) groups is 1. The molecule has 3 N–H and O–H groups in total. The molecular weight excluding hydrogens is 198 g/mol. The molecule has 0 aliphatic carbocycles. The summed E-state index contributed by atoms with van der Waals surface area (Å²) in [7, 11) is 0. The zero-order valence-electron chi connectivity index (χ0n) is 9.13. The minimum Gasteiger partial charge on any atom is -0.355 e. The standard InChI is InChI=1S/C9H21N3OS/c1-4-10-7(3)12-8(6-14)9(13)11-5-2/h7-8,10,12,14H,4-6H2,1-3H3,(H,11,13). The van der Waals surface area contributed by atoms with Gasteiger partial charge in [0.05, 0.1) is 12.2 Å². The highest BCUT2D eigenvalue weighted by atomic mass is 32.1. The van der Waals surface area contributed by atoms with Crippen LogP contribution in [0.2, 0.25) is 0 Å². The first-order valence-corrected chi connectivity index (χ1v) is 5.66. The van der Waals surface area contributed by atoms with Crippen molar-refractivity contribution >= 4 is 18.5 Å². The second-order valence-corrected chi connectivity index (χ2v) is 3.44. The highest BCUT2D eigenvalue weighted by Crippen LogP contribution is 1.90. The van der Waals surface area contributed by atoms with Crippen molar-refractivity contribution in [3.05, 3.63) is 0 Å². The maximum Gasteiger partial charge on any atom is 0.238 e. The Labute approximate surface area is 91.6 Å². The van der Waals surface area contributed by atoms with Crippen LogP contribution in [-0.2, 0) is 4.79 Å². The number of amides is 1. The van der Waals surface area contributed by atoms with E-state index in [0.29, 0.717) is 12.3 Å². The monoisotopic (exact) mass is 219 g/mol. The van der Waals surface area contributed by atoms with Crippen molar-refractivity contribution in [2.24, 2.45) is 0 Å². The molecule has 0 aliphatic rings. The van der Waals surface area contributed by atoms with Crippen molar-refractivity contribution in [3.8, 4) is 0 Å². The molecule has 0 rings (SSSR count). The second-order valence-electron chi connectivity index (χ2n) is 3.08. The molecule has 0 saturated carbocycles. The fraction of sp³-hybridized carbons (Fsp3) is 0.889. The van der Waals surface area contributed by atoms with Crippen LogP contribution in [0.25, 0.3) is 0 Å². The lowest BCUT2D eigenvalue weighted by Crippen LogP contribution is -2.52. The van der Waals surface area contributed by atoms with E-state index in [1.165, 1.54) is 0 Å². The molecule has 5 heteroatoms. The third-order valence-electron chi connectivity index (χ3n) is 1.81. The summed E-state index contributed by atoms with van der Waals surface area (Å²) in [5.41, 5.74) is 0. The predicted octanol–water partition coefficient (Wildman–Crippen LogP) is -0.0340. The maximum atomic E-state index is 11.5. The molecule has 0 aromatic rings. The average molecular weight is 219 g/mol. The van der Waals surface area contributed by atoms with Crippen molar-refractivity contribution < 1.29 is 4.79 Å². The van der Waals surface area contributed by atoms with Gasteiger partial charge in [-0.3, -0.25) is 10.1 Å². The third kappa shape index (κ3) is 5.47. The van der Waals surface area contributed by atoms with Gasteiger partial charge in [-0.1, -0.05) is 6.92 Å². The molecule has 0 heterocycles. The normalized spacial score (nSPS) is 14.9. The Morgan fingerprint density at radius 3 is 2.43 bits per heavy atom. The van der Waals surface area contributed by atoms with E-state index in [9.17, 15) is 4.79 Å². The lowest BCUT2D eigenvalue weighted by atomic mass is 10.3. The summed E-state index contributed by atoms with van der Waals surface area (Å²) in [6, 6.07) is -0.229. The fourth-order valence-corrected chi connectivity index (χ4v) is 1.45. The van der Waals surface area contributed by atoms with E-state index >= 15 is 0 Å². The molecule has 0 fully saturated rings. The molecule has 84 valence electrons. The topological polar surface area (TPSA) is 53.2 Å². The van der Waals surface area contributed by atoms with Crippen LogP contribution >= 0.6 is 12.6 Å². The zero-order chi connectivity index (χ0) is 11.0. The summed E-state index contributed by atoms with van der Waals surface area (Å²) >= 11 is 4.14. The van der Waals surface area contributed by atoms with E-state index in [1.54, 1.807) is 0 Å². The first kappa shape index (κ1) is 13.7. The minimum absolute atomic E-state index is 0.00672. The molecule has 0 radical (unpaired) electrons. The maximum absolute atomic E-state index is 11.5. The van der Waals surface area contributed by atoms with E-state index in [-0.39, 0.29) is 18.1 Å².